The van der Waals surface area contributed by atoms with Crippen LogP contribution >= 0.6 is 0 Å². The summed E-state index contributed by atoms with van der Waals surface area (Å²) in [6.07, 6.45) is 1.26. The summed E-state index contributed by atoms with van der Waals surface area (Å²) in [4.78, 5) is 2.80. The highest BCUT2D eigenvalue weighted by Gasteiger charge is 2.60. The Labute approximate surface area is 162 Å². The fourth-order valence-electron chi connectivity index (χ4n) is 4.39. The molecule has 1 N–H and O–H groups in total. The number of hydrogen-bond donors (Lipinski definition) is 1. The van der Waals surface area contributed by atoms with E-state index in [1.165, 1.54) is 18.5 Å². The number of sulfonamides is 1. The van der Waals surface area contributed by atoms with Gasteiger partial charge in [-0.05, 0) is 60.2 Å². The second kappa shape index (κ2) is 6.64. The molecule has 1 saturated carbocycles. The van der Waals surface area contributed by atoms with Gasteiger partial charge in [0, 0.05) is 24.2 Å². The van der Waals surface area contributed by atoms with E-state index in [9.17, 15) is 8.42 Å². The lowest BCUT2D eigenvalue weighted by atomic mass is 9.95. The van der Waals surface area contributed by atoms with Crippen molar-refractivity contribution < 1.29 is 8.42 Å². The lowest BCUT2D eigenvalue weighted by molar-refractivity contribution is 0.314. The first-order valence-corrected chi connectivity index (χ1v) is 11.3. The molecule has 0 amide bonds. The van der Waals surface area contributed by atoms with Gasteiger partial charge in [-0.3, -0.25) is 4.72 Å². The van der Waals surface area contributed by atoms with E-state index in [2.05, 4.69) is 42.5 Å². The standard InChI is InChI=1S/C22H28N2O2S/c1-4-24-14-19-13-22(19,15-24)18-7-9-20(10-8-18)23-27(25,26)21-11-5-17(6-12-21)16(2)3/h5-12,16,19,23H,4,13-15H2,1-3H3/t19-,22+/m0/s1. The number of hydrogen-bond acceptors (Lipinski definition) is 3. The van der Waals surface area contributed by atoms with E-state index < -0.39 is 10.0 Å². The lowest BCUT2D eigenvalue weighted by Crippen LogP contribution is -2.26. The topological polar surface area (TPSA) is 49.4 Å². The molecule has 27 heavy (non-hydrogen) atoms. The number of nitrogens with one attached hydrogen (secondary N) is 1. The van der Waals surface area contributed by atoms with Gasteiger partial charge in [-0.15, -0.1) is 0 Å². The summed E-state index contributed by atoms with van der Waals surface area (Å²) in [5.41, 5.74) is 3.40. The zero-order chi connectivity index (χ0) is 19.2. The molecule has 1 aliphatic heterocycles. The Balaban J connectivity index is 1.48. The van der Waals surface area contributed by atoms with Gasteiger partial charge in [-0.2, -0.15) is 0 Å². The van der Waals surface area contributed by atoms with Gasteiger partial charge in [0.25, 0.3) is 10.0 Å². The van der Waals surface area contributed by atoms with Crippen molar-refractivity contribution in [3.8, 4) is 0 Å². The van der Waals surface area contributed by atoms with E-state index in [1.54, 1.807) is 12.1 Å². The van der Waals surface area contributed by atoms with E-state index in [-0.39, 0.29) is 0 Å². The zero-order valence-corrected chi connectivity index (χ0v) is 17.1. The third-order valence-electron chi connectivity index (χ3n) is 6.23. The largest absolute Gasteiger partial charge is 0.302 e. The molecular weight excluding hydrogens is 356 g/mol. The number of likely N-dealkylation sites (N-methyl/N-ethyl adjacent to an activating group) is 1. The third kappa shape index (κ3) is 3.39. The Kier molecular flexibility index (Phi) is 4.55. The predicted molar refractivity (Wildman–Crippen MR) is 110 cm³/mol. The molecule has 2 aliphatic rings. The molecule has 0 unspecified atom stereocenters. The highest BCUT2D eigenvalue weighted by molar-refractivity contribution is 7.92. The molecule has 1 aliphatic carbocycles. The summed E-state index contributed by atoms with van der Waals surface area (Å²) in [7, 11) is -3.56. The van der Waals surface area contributed by atoms with Crippen molar-refractivity contribution in [2.45, 2.75) is 43.4 Å². The van der Waals surface area contributed by atoms with Crippen LogP contribution in [-0.2, 0) is 15.4 Å². The van der Waals surface area contributed by atoms with Crippen LogP contribution in [0.2, 0.25) is 0 Å². The van der Waals surface area contributed by atoms with Crippen LogP contribution in [0.4, 0.5) is 5.69 Å². The molecular formula is C22H28N2O2S. The van der Waals surface area contributed by atoms with Crippen LogP contribution in [0, 0.1) is 5.92 Å². The molecule has 144 valence electrons. The molecule has 1 saturated heterocycles. The molecule has 0 radical (unpaired) electrons. The normalized spacial score (nSPS) is 24.8. The Morgan fingerprint density at radius 2 is 1.78 bits per heavy atom. The van der Waals surface area contributed by atoms with Crippen LogP contribution in [-0.4, -0.2) is 33.0 Å². The van der Waals surface area contributed by atoms with E-state index in [0.29, 0.717) is 21.9 Å². The van der Waals surface area contributed by atoms with Gasteiger partial charge >= 0.3 is 0 Å². The smallest absolute Gasteiger partial charge is 0.261 e. The van der Waals surface area contributed by atoms with E-state index in [1.807, 2.05) is 24.3 Å². The van der Waals surface area contributed by atoms with Crippen molar-refractivity contribution in [2.75, 3.05) is 24.4 Å². The SMILES string of the molecule is CCN1C[C@@H]2C[C@]2(c2ccc(NS(=O)(=O)c3ccc(C(C)C)cc3)cc2)C1. The molecule has 2 aromatic rings. The Hall–Kier alpha value is -1.85. The van der Waals surface area contributed by atoms with Gasteiger partial charge in [-0.1, -0.05) is 45.0 Å². The molecule has 0 aromatic heterocycles. The fourth-order valence-corrected chi connectivity index (χ4v) is 5.45. The molecule has 5 heteroatoms. The molecule has 2 atom stereocenters. The number of benzene rings is 2. The predicted octanol–water partition coefficient (Wildman–Crippen LogP) is 4.20. The second-order valence-electron chi connectivity index (χ2n) is 8.29. The summed E-state index contributed by atoms with van der Waals surface area (Å²) < 4.78 is 28.0. The molecule has 2 aromatic carbocycles. The van der Waals surface area contributed by atoms with Crippen LogP contribution in [0.25, 0.3) is 0 Å². The minimum absolute atomic E-state index is 0.297. The first-order chi connectivity index (χ1) is 12.8. The van der Waals surface area contributed by atoms with Crippen LogP contribution in [0.5, 0.6) is 0 Å². The maximum Gasteiger partial charge on any atom is 0.261 e. The molecule has 1 heterocycles. The van der Waals surface area contributed by atoms with Crippen LogP contribution in [0.3, 0.4) is 0 Å². The molecule has 2 fully saturated rings. The van der Waals surface area contributed by atoms with Gasteiger partial charge in [0.15, 0.2) is 0 Å². The van der Waals surface area contributed by atoms with Gasteiger partial charge < -0.3 is 4.90 Å². The number of likely N-dealkylation sites (tertiary alicyclic amines) is 1. The number of anilines is 1. The van der Waals surface area contributed by atoms with Crippen LogP contribution < -0.4 is 4.72 Å². The summed E-state index contributed by atoms with van der Waals surface area (Å²) >= 11 is 0. The monoisotopic (exact) mass is 384 g/mol. The summed E-state index contributed by atoms with van der Waals surface area (Å²) in [5.74, 6) is 1.14. The van der Waals surface area contributed by atoms with Gasteiger partial charge in [0.1, 0.15) is 0 Å². The lowest BCUT2D eigenvalue weighted by Gasteiger charge is -2.19. The Bertz CT molecular complexity index is 920. The highest BCUT2D eigenvalue weighted by atomic mass is 32.2. The third-order valence-corrected chi connectivity index (χ3v) is 7.63. The maximum absolute atomic E-state index is 12.7. The Morgan fingerprint density at radius 1 is 1.11 bits per heavy atom. The van der Waals surface area contributed by atoms with Crippen molar-refractivity contribution in [3.05, 3.63) is 59.7 Å². The molecule has 4 rings (SSSR count). The van der Waals surface area contributed by atoms with Crippen molar-refractivity contribution in [2.24, 2.45) is 5.92 Å². The minimum atomic E-state index is -3.56. The quantitative estimate of drug-likeness (QED) is 0.812. The summed E-state index contributed by atoms with van der Waals surface area (Å²) in [6.45, 7) is 9.82. The fraction of sp³-hybridized carbons (Fsp3) is 0.455. The van der Waals surface area contributed by atoms with Gasteiger partial charge in [0.2, 0.25) is 0 Å². The van der Waals surface area contributed by atoms with Crippen LogP contribution in [0.15, 0.2) is 53.4 Å². The Morgan fingerprint density at radius 3 is 2.33 bits per heavy atom. The maximum atomic E-state index is 12.7. The van der Waals surface area contributed by atoms with Crippen LogP contribution in [0.1, 0.15) is 44.2 Å². The summed E-state index contributed by atoms with van der Waals surface area (Å²) in [6, 6.07) is 15.1. The average molecular weight is 385 g/mol. The van der Waals surface area contributed by atoms with Crippen molar-refractivity contribution in [3.63, 3.8) is 0 Å². The molecule has 0 bridgehead atoms. The van der Waals surface area contributed by atoms with E-state index in [4.69, 9.17) is 0 Å². The van der Waals surface area contributed by atoms with Crippen molar-refractivity contribution in [1.82, 2.24) is 4.90 Å². The van der Waals surface area contributed by atoms with Crippen molar-refractivity contribution in [1.29, 1.82) is 0 Å². The first kappa shape index (κ1) is 18.5. The average Bonchev–Trinajstić information content (AvgIpc) is 3.23. The molecule has 4 nitrogen and oxygen atoms in total. The van der Waals surface area contributed by atoms with E-state index in [0.717, 1.165) is 24.6 Å². The van der Waals surface area contributed by atoms with Gasteiger partial charge in [-0.25, -0.2) is 8.42 Å². The highest BCUT2D eigenvalue weighted by Crippen LogP contribution is 2.58. The zero-order valence-electron chi connectivity index (χ0n) is 16.3. The summed E-state index contributed by atoms with van der Waals surface area (Å²) in [5, 5.41) is 0. The number of rotatable bonds is 6. The molecule has 0 spiro atoms. The van der Waals surface area contributed by atoms with Gasteiger partial charge in [0.05, 0.1) is 4.90 Å². The number of nitrogens with zero attached hydrogens (tertiary/aromatic N) is 1. The van der Waals surface area contributed by atoms with E-state index >= 15 is 0 Å². The number of piperidine rings is 1. The van der Waals surface area contributed by atoms with Crippen molar-refractivity contribution >= 4 is 15.7 Å². The first-order valence-electron chi connectivity index (χ1n) is 9.80. The second-order valence-corrected chi connectivity index (χ2v) is 9.97. The minimum Gasteiger partial charge on any atom is -0.302 e. The number of fused-ring (bicyclic) bond motifs is 1.